The molecule has 0 spiro atoms. The number of hydrogen-bond acceptors (Lipinski definition) is 4. The van der Waals surface area contributed by atoms with E-state index in [0.717, 1.165) is 43.2 Å². The number of aryl methyl sites for hydroxylation is 1. The number of ether oxygens (including phenoxy) is 1. The Labute approximate surface area is 184 Å². The second kappa shape index (κ2) is 9.67. The predicted molar refractivity (Wildman–Crippen MR) is 126 cm³/mol. The molecule has 1 saturated heterocycles. The fraction of sp³-hybridized carbons (Fsp3) is 0.269. The Kier molecular flexibility index (Phi) is 6.53. The summed E-state index contributed by atoms with van der Waals surface area (Å²) in [6.45, 7) is 5.40. The highest BCUT2D eigenvalue weighted by Crippen LogP contribution is 2.27. The van der Waals surface area contributed by atoms with Crippen molar-refractivity contribution < 1.29 is 9.53 Å². The molecule has 5 heteroatoms. The van der Waals surface area contributed by atoms with Gasteiger partial charge >= 0.3 is 0 Å². The van der Waals surface area contributed by atoms with E-state index >= 15 is 0 Å². The highest BCUT2D eigenvalue weighted by atomic mass is 16.5. The van der Waals surface area contributed by atoms with Gasteiger partial charge in [0.25, 0.3) is 0 Å². The van der Waals surface area contributed by atoms with Crippen molar-refractivity contribution in [2.24, 2.45) is 0 Å². The predicted octanol–water partition coefficient (Wildman–Crippen LogP) is 4.51. The minimum Gasteiger partial charge on any atom is -0.497 e. The number of piperazine rings is 1. The number of nitrogens with zero attached hydrogens (tertiary/aromatic N) is 2. The molecular weight excluding hydrogens is 386 g/mol. The highest BCUT2D eigenvalue weighted by molar-refractivity contribution is 5.95. The Hall–Kier alpha value is -3.31. The van der Waals surface area contributed by atoms with Crippen molar-refractivity contribution in [2.45, 2.75) is 13.0 Å². The first-order valence-electron chi connectivity index (χ1n) is 10.7. The van der Waals surface area contributed by atoms with Crippen LogP contribution in [0, 0.1) is 6.92 Å². The summed E-state index contributed by atoms with van der Waals surface area (Å²) in [6, 6.07) is 25.8. The van der Waals surface area contributed by atoms with Crippen LogP contribution in [0.4, 0.5) is 11.4 Å². The summed E-state index contributed by atoms with van der Waals surface area (Å²) >= 11 is 0. The number of amides is 1. The maximum absolute atomic E-state index is 13.3. The molecule has 0 unspecified atom stereocenters. The third-order valence-electron chi connectivity index (χ3n) is 5.80. The number of hydrogen-bond donors (Lipinski definition) is 1. The van der Waals surface area contributed by atoms with Gasteiger partial charge in [-0.3, -0.25) is 9.69 Å². The first kappa shape index (κ1) is 20.9. The Bertz CT molecular complexity index is 979. The highest BCUT2D eigenvalue weighted by Gasteiger charge is 2.30. The van der Waals surface area contributed by atoms with E-state index in [2.05, 4.69) is 27.2 Å². The van der Waals surface area contributed by atoms with Crippen molar-refractivity contribution >= 4 is 17.3 Å². The van der Waals surface area contributed by atoms with E-state index in [1.165, 1.54) is 11.3 Å². The van der Waals surface area contributed by atoms with E-state index in [1.54, 1.807) is 7.11 Å². The van der Waals surface area contributed by atoms with Crippen LogP contribution in [0.5, 0.6) is 5.75 Å². The summed E-state index contributed by atoms with van der Waals surface area (Å²) in [6.07, 6.45) is 0. The molecule has 1 aliphatic rings. The maximum Gasteiger partial charge on any atom is 0.246 e. The molecule has 5 nitrogen and oxygen atoms in total. The van der Waals surface area contributed by atoms with Gasteiger partial charge in [0, 0.05) is 37.6 Å². The normalized spacial score (nSPS) is 15.4. The van der Waals surface area contributed by atoms with Gasteiger partial charge in [0.05, 0.1) is 7.11 Å². The molecule has 0 aliphatic carbocycles. The third-order valence-corrected chi connectivity index (χ3v) is 5.80. The zero-order valence-corrected chi connectivity index (χ0v) is 18.1. The van der Waals surface area contributed by atoms with Crippen LogP contribution in [0.3, 0.4) is 0 Å². The SMILES string of the molecule is COc1ccc(N2CCN([C@@H](C(=O)Nc3ccc(C)cc3)c3ccccc3)CC2)cc1. The van der Waals surface area contributed by atoms with Crippen molar-refractivity contribution in [3.8, 4) is 5.75 Å². The van der Waals surface area contributed by atoms with E-state index in [9.17, 15) is 4.79 Å². The lowest BCUT2D eigenvalue weighted by atomic mass is 10.0. The number of carbonyl (C=O) groups excluding carboxylic acids is 1. The minimum atomic E-state index is -0.319. The molecule has 3 aromatic rings. The summed E-state index contributed by atoms with van der Waals surface area (Å²) < 4.78 is 5.26. The molecule has 4 rings (SSSR count). The van der Waals surface area contributed by atoms with Crippen molar-refractivity contribution in [1.82, 2.24) is 4.90 Å². The van der Waals surface area contributed by atoms with Crippen LogP contribution >= 0.6 is 0 Å². The molecule has 1 heterocycles. The van der Waals surface area contributed by atoms with Gasteiger partial charge in [0.15, 0.2) is 0 Å². The molecule has 1 N–H and O–H groups in total. The van der Waals surface area contributed by atoms with E-state index in [-0.39, 0.29) is 11.9 Å². The third kappa shape index (κ3) is 5.06. The van der Waals surface area contributed by atoms with Crippen LogP contribution in [-0.4, -0.2) is 44.1 Å². The second-order valence-electron chi connectivity index (χ2n) is 7.89. The van der Waals surface area contributed by atoms with Gasteiger partial charge in [0.1, 0.15) is 11.8 Å². The van der Waals surface area contributed by atoms with Gasteiger partial charge in [-0.05, 0) is 48.9 Å². The lowest BCUT2D eigenvalue weighted by molar-refractivity contribution is -0.121. The van der Waals surface area contributed by atoms with Crippen molar-refractivity contribution in [2.75, 3.05) is 43.5 Å². The molecule has 1 amide bonds. The number of rotatable bonds is 6. The molecule has 1 fully saturated rings. The van der Waals surface area contributed by atoms with Crippen LogP contribution in [0.2, 0.25) is 0 Å². The average Bonchev–Trinajstić information content (AvgIpc) is 2.82. The summed E-state index contributed by atoms with van der Waals surface area (Å²) in [5, 5.41) is 3.11. The van der Waals surface area contributed by atoms with Crippen LogP contribution in [-0.2, 0) is 4.79 Å². The summed E-state index contributed by atoms with van der Waals surface area (Å²) in [4.78, 5) is 18.0. The largest absolute Gasteiger partial charge is 0.497 e. The molecule has 0 saturated carbocycles. The first-order chi connectivity index (χ1) is 15.1. The number of methoxy groups -OCH3 is 1. The van der Waals surface area contributed by atoms with Crippen LogP contribution in [0.25, 0.3) is 0 Å². The summed E-state index contributed by atoms with van der Waals surface area (Å²) in [5.74, 6) is 0.868. The summed E-state index contributed by atoms with van der Waals surface area (Å²) in [5.41, 5.74) is 4.20. The number of benzene rings is 3. The molecular formula is C26H29N3O2. The van der Waals surface area contributed by atoms with Crippen LogP contribution in [0.15, 0.2) is 78.9 Å². The van der Waals surface area contributed by atoms with Gasteiger partial charge in [-0.25, -0.2) is 0 Å². The molecule has 1 aliphatic heterocycles. The maximum atomic E-state index is 13.3. The Balaban J connectivity index is 1.48. The minimum absolute atomic E-state index is 0.00736. The Morgan fingerprint density at radius 2 is 1.52 bits per heavy atom. The zero-order valence-electron chi connectivity index (χ0n) is 18.1. The average molecular weight is 416 g/mol. The number of anilines is 2. The standard InChI is InChI=1S/C26H29N3O2/c1-20-8-10-22(11-9-20)27-26(30)25(21-6-4-3-5-7-21)29-18-16-28(17-19-29)23-12-14-24(31-2)15-13-23/h3-15,25H,16-19H2,1-2H3,(H,27,30)/t25-/m1/s1. The molecule has 0 aromatic heterocycles. The van der Waals surface area contributed by atoms with Gasteiger partial charge < -0.3 is 15.0 Å². The first-order valence-corrected chi connectivity index (χ1v) is 10.7. The van der Waals surface area contributed by atoms with E-state index in [4.69, 9.17) is 4.74 Å². The molecule has 1 atom stereocenters. The fourth-order valence-corrected chi connectivity index (χ4v) is 4.04. The van der Waals surface area contributed by atoms with Crippen molar-refractivity contribution in [3.05, 3.63) is 90.0 Å². The molecule has 31 heavy (non-hydrogen) atoms. The quantitative estimate of drug-likeness (QED) is 0.644. The Morgan fingerprint density at radius 3 is 2.13 bits per heavy atom. The fourth-order valence-electron chi connectivity index (χ4n) is 4.04. The number of carbonyl (C=O) groups is 1. The van der Waals surface area contributed by atoms with Crippen LogP contribution < -0.4 is 15.0 Å². The molecule has 3 aromatic carbocycles. The van der Waals surface area contributed by atoms with Gasteiger partial charge in [-0.2, -0.15) is 0 Å². The molecule has 0 bridgehead atoms. The lowest BCUT2D eigenvalue weighted by Crippen LogP contribution is -2.50. The smallest absolute Gasteiger partial charge is 0.246 e. The van der Waals surface area contributed by atoms with Gasteiger partial charge in [0.2, 0.25) is 5.91 Å². The Morgan fingerprint density at radius 1 is 0.871 bits per heavy atom. The monoisotopic (exact) mass is 415 g/mol. The molecule has 160 valence electrons. The zero-order chi connectivity index (χ0) is 21.6. The van der Waals surface area contributed by atoms with Gasteiger partial charge in [-0.1, -0.05) is 48.0 Å². The van der Waals surface area contributed by atoms with Gasteiger partial charge in [-0.15, -0.1) is 0 Å². The topological polar surface area (TPSA) is 44.8 Å². The second-order valence-corrected chi connectivity index (χ2v) is 7.89. The van der Waals surface area contributed by atoms with E-state index in [0.29, 0.717) is 0 Å². The van der Waals surface area contributed by atoms with E-state index in [1.807, 2.05) is 73.7 Å². The number of nitrogens with one attached hydrogen (secondary N) is 1. The lowest BCUT2D eigenvalue weighted by Gasteiger charge is -2.39. The molecule has 0 radical (unpaired) electrons. The summed E-state index contributed by atoms with van der Waals surface area (Å²) in [7, 11) is 1.68. The van der Waals surface area contributed by atoms with Crippen molar-refractivity contribution in [1.29, 1.82) is 0 Å². The van der Waals surface area contributed by atoms with E-state index < -0.39 is 0 Å². The van der Waals surface area contributed by atoms with Crippen molar-refractivity contribution in [3.63, 3.8) is 0 Å². The van der Waals surface area contributed by atoms with Crippen LogP contribution in [0.1, 0.15) is 17.2 Å².